The van der Waals surface area contributed by atoms with Crippen molar-refractivity contribution in [2.75, 3.05) is 0 Å². The van der Waals surface area contributed by atoms with Crippen molar-refractivity contribution in [2.45, 2.75) is 25.7 Å². The Morgan fingerprint density at radius 3 is 3.00 bits per heavy atom. The second kappa shape index (κ2) is 2.67. The van der Waals surface area contributed by atoms with E-state index in [-0.39, 0.29) is 0 Å². The number of nitrogens with zero attached hydrogens (tertiary/aromatic N) is 1. The van der Waals surface area contributed by atoms with Crippen LogP contribution in [0.5, 0.6) is 0 Å². The van der Waals surface area contributed by atoms with Crippen molar-refractivity contribution in [3.05, 3.63) is 21.4 Å². The Morgan fingerprint density at radius 2 is 2.18 bits per heavy atom. The highest BCUT2D eigenvalue weighted by Crippen LogP contribution is 2.29. The lowest BCUT2D eigenvalue weighted by atomic mass is 9.96. The van der Waals surface area contributed by atoms with Crippen molar-refractivity contribution >= 4 is 11.3 Å². The number of hydrogen-bond donors (Lipinski definition) is 0. The third kappa shape index (κ3) is 1.06. The quantitative estimate of drug-likeness (QED) is 0.576. The van der Waals surface area contributed by atoms with Gasteiger partial charge in [0.25, 0.3) is 0 Å². The summed E-state index contributed by atoms with van der Waals surface area (Å²) in [5.41, 5.74) is 2.26. The summed E-state index contributed by atoms with van der Waals surface area (Å²) in [6.45, 7) is 0. The van der Waals surface area contributed by atoms with Gasteiger partial charge in [-0.3, -0.25) is 0 Å². The Kier molecular flexibility index (Phi) is 1.67. The first-order valence-corrected chi connectivity index (χ1v) is 4.79. The van der Waals surface area contributed by atoms with E-state index in [1.807, 2.05) is 5.38 Å². The summed E-state index contributed by atoms with van der Waals surface area (Å²) in [5, 5.41) is 10.7. The molecule has 1 heterocycles. The highest BCUT2D eigenvalue weighted by Gasteiger charge is 2.14. The molecule has 0 N–H and O–H groups in total. The molecule has 0 amide bonds. The van der Waals surface area contributed by atoms with Gasteiger partial charge in [-0.15, -0.1) is 11.3 Å². The van der Waals surface area contributed by atoms with Gasteiger partial charge in [0.15, 0.2) is 0 Å². The number of rotatable bonds is 0. The van der Waals surface area contributed by atoms with E-state index in [2.05, 4.69) is 6.07 Å². The van der Waals surface area contributed by atoms with Crippen molar-refractivity contribution in [1.29, 1.82) is 5.26 Å². The molecule has 0 radical (unpaired) electrons. The molecule has 2 rings (SSSR count). The van der Waals surface area contributed by atoms with Gasteiger partial charge in [0.2, 0.25) is 0 Å². The van der Waals surface area contributed by atoms with Crippen molar-refractivity contribution in [2.24, 2.45) is 0 Å². The van der Waals surface area contributed by atoms with Gasteiger partial charge in [-0.25, -0.2) is 0 Å². The van der Waals surface area contributed by atoms with Crippen LogP contribution in [0.15, 0.2) is 5.38 Å². The fourth-order valence-corrected chi connectivity index (χ4v) is 2.66. The number of fused-ring (bicyclic) bond motifs is 1. The molecule has 2 heteroatoms. The Balaban J connectivity index is 2.48. The minimum Gasteiger partial charge on any atom is -0.192 e. The third-order valence-electron chi connectivity index (χ3n) is 2.18. The van der Waals surface area contributed by atoms with Crippen LogP contribution >= 0.6 is 11.3 Å². The van der Waals surface area contributed by atoms with Crippen LogP contribution < -0.4 is 0 Å². The molecule has 0 atom stereocenters. The molecular weight excluding hydrogens is 154 g/mol. The fourth-order valence-electron chi connectivity index (χ4n) is 1.59. The molecular formula is C9H9NS. The summed E-state index contributed by atoms with van der Waals surface area (Å²) >= 11 is 1.75. The molecule has 1 aromatic heterocycles. The smallest absolute Gasteiger partial charge is 0.100 e. The molecule has 0 unspecified atom stereocenters. The van der Waals surface area contributed by atoms with E-state index < -0.39 is 0 Å². The topological polar surface area (TPSA) is 23.8 Å². The predicted molar refractivity (Wildman–Crippen MR) is 45.7 cm³/mol. The van der Waals surface area contributed by atoms with Gasteiger partial charge in [0.05, 0.1) is 5.56 Å². The van der Waals surface area contributed by atoms with Gasteiger partial charge in [-0.2, -0.15) is 5.26 Å². The molecule has 0 aliphatic heterocycles. The van der Waals surface area contributed by atoms with Gasteiger partial charge in [-0.1, -0.05) is 0 Å². The SMILES string of the molecule is N#Cc1csc2c1CCCC2. The van der Waals surface area contributed by atoms with E-state index in [1.54, 1.807) is 11.3 Å². The minimum atomic E-state index is 0.921. The van der Waals surface area contributed by atoms with E-state index in [9.17, 15) is 0 Å². The maximum atomic E-state index is 8.74. The Labute approximate surface area is 70.3 Å². The van der Waals surface area contributed by atoms with Crippen LogP contribution in [0.4, 0.5) is 0 Å². The van der Waals surface area contributed by atoms with Crippen molar-refractivity contribution in [3.8, 4) is 6.07 Å². The number of nitriles is 1. The number of hydrogen-bond acceptors (Lipinski definition) is 2. The average molecular weight is 163 g/mol. The zero-order valence-corrected chi connectivity index (χ0v) is 7.08. The lowest BCUT2D eigenvalue weighted by Crippen LogP contribution is -1.99. The molecule has 56 valence electrons. The maximum Gasteiger partial charge on any atom is 0.100 e. The molecule has 0 spiro atoms. The van der Waals surface area contributed by atoms with E-state index >= 15 is 0 Å². The van der Waals surface area contributed by atoms with Crippen LogP contribution in [0.1, 0.15) is 28.8 Å². The largest absolute Gasteiger partial charge is 0.192 e. The van der Waals surface area contributed by atoms with Crippen LogP contribution in [-0.4, -0.2) is 0 Å². The van der Waals surface area contributed by atoms with Crippen molar-refractivity contribution in [1.82, 2.24) is 0 Å². The lowest BCUT2D eigenvalue weighted by Gasteiger charge is -2.09. The van der Waals surface area contributed by atoms with Crippen LogP contribution in [-0.2, 0) is 12.8 Å². The molecule has 0 bridgehead atoms. The molecule has 1 nitrogen and oxygen atoms in total. The standard InChI is InChI=1S/C9H9NS/c10-5-7-6-11-9-4-2-1-3-8(7)9/h6H,1-4H2. The monoisotopic (exact) mass is 163 g/mol. The van der Waals surface area contributed by atoms with Crippen molar-refractivity contribution < 1.29 is 0 Å². The Bertz CT molecular complexity index is 306. The normalized spacial score (nSPS) is 15.5. The first kappa shape index (κ1) is 6.87. The first-order chi connectivity index (χ1) is 5.42. The lowest BCUT2D eigenvalue weighted by molar-refractivity contribution is 0.696. The second-order valence-electron chi connectivity index (χ2n) is 2.87. The van der Waals surface area contributed by atoms with Gasteiger partial charge in [-0.05, 0) is 31.2 Å². The van der Waals surface area contributed by atoms with Gasteiger partial charge >= 0.3 is 0 Å². The first-order valence-electron chi connectivity index (χ1n) is 3.91. The predicted octanol–water partition coefficient (Wildman–Crippen LogP) is 2.50. The Hall–Kier alpha value is -0.810. The number of aryl methyl sites for hydroxylation is 1. The van der Waals surface area contributed by atoms with E-state index in [4.69, 9.17) is 5.26 Å². The van der Waals surface area contributed by atoms with E-state index in [0.29, 0.717) is 0 Å². The van der Waals surface area contributed by atoms with Gasteiger partial charge in [0.1, 0.15) is 6.07 Å². The molecule has 1 aromatic rings. The summed E-state index contributed by atoms with van der Waals surface area (Å²) in [5.74, 6) is 0. The summed E-state index contributed by atoms with van der Waals surface area (Å²) < 4.78 is 0. The highest BCUT2D eigenvalue weighted by atomic mass is 32.1. The summed E-state index contributed by atoms with van der Waals surface area (Å²) in [7, 11) is 0. The number of thiophene rings is 1. The van der Waals surface area contributed by atoms with E-state index in [1.165, 1.54) is 29.7 Å². The van der Waals surface area contributed by atoms with Gasteiger partial charge in [0, 0.05) is 10.3 Å². The minimum absolute atomic E-state index is 0.921. The molecule has 0 fully saturated rings. The molecule has 0 saturated heterocycles. The second-order valence-corrected chi connectivity index (χ2v) is 3.83. The summed E-state index contributed by atoms with van der Waals surface area (Å²) in [4.78, 5) is 1.45. The maximum absolute atomic E-state index is 8.74. The molecule has 1 aliphatic carbocycles. The van der Waals surface area contributed by atoms with Gasteiger partial charge < -0.3 is 0 Å². The van der Waals surface area contributed by atoms with Crippen LogP contribution in [0.3, 0.4) is 0 Å². The average Bonchev–Trinajstić information content (AvgIpc) is 2.47. The zero-order chi connectivity index (χ0) is 7.68. The molecule has 1 aliphatic rings. The third-order valence-corrected chi connectivity index (χ3v) is 3.27. The Morgan fingerprint density at radius 1 is 1.36 bits per heavy atom. The fraction of sp³-hybridized carbons (Fsp3) is 0.444. The summed E-state index contributed by atoms with van der Waals surface area (Å²) in [6, 6.07) is 2.25. The van der Waals surface area contributed by atoms with Crippen LogP contribution in [0.2, 0.25) is 0 Å². The van der Waals surface area contributed by atoms with Crippen LogP contribution in [0.25, 0.3) is 0 Å². The summed E-state index contributed by atoms with van der Waals surface area (Å²) in [6.07, 6.45) is 4.89. The van der Waals surface area contributed by atoms with E-state index in [0.717, 1.165) is 12.0 Å². The van der Waals surface area contributed by atoms with Crippen molar-refractivity contribution in [3.63, 3.8) is 0 Å². The van der Waals surface area contributed by atoms with Crippen LogP contribution in [0, 0.1) is 11.3 Å². The highest BCUT2D eigenvalue weighted by molar-refractivity contribution is 7.10. The molecule has 0 saturated carbocycles. The molecule has 0 aromatic carbocycles. The molecule has 11 heavy (non-hydrogen) atoms. The zero-order valence-electron chi connectivity index (χ0n) is 6.26.